The molecule has 0 aliphatic heterocycles. The van der Waals surface area contributed by atoms with Gasteiger partial charge in [0.15, 0.2) is 0 Å². The number of nitro benzene ring substituents is 1. The average molecular weight is 309 g/mol. The topological polar surface area (TPSA) is 76.2 Å². The van der Waals surface area contributed by atoms with E-state index in [9.17, 15) is 10.1 Å². The van der Waals surface area contributed by atoms with E-state index in [1.54, 1.807) is 0 Å². The molecule has 0 fully saturated rings. The lowest BCUT2D eigenvalue weighted by atomic mass is 10.2. The van der Waals surface area contributed by atoms with Gasteiger partial charge in [-0.25, -0.2) is 0 Å². The number of halogens is 2. The fourth-order valence-electron chi connectivity index (χ4n) is 1.53. The molecule has 7 heteroatoms. The van der Waals surface area contributed by atoms with E-state index < -0.39 is 4.92 Å². The molecule has 100 valence electrons. The van der Waals surface area contributed by atoms with Crippen molar-refractivity contribution >= 4 is 28.9 Å². The predicted octanol–water partition coefficient (Wildman–Crippen LogP) is 4.57. The van der Waals surface area contributed by atoms with E-state index >= 15 is 0 Å². The molecule has 20 heavy (non-hydrogen) atoms. The van der Waals surface area contributed by atoms with Crippen molar-refractivity contribution in [3.05, 3.63) is 62.1 Å². The quantitative estimate of drug-likeness (QED) is 0.615. The summed E-state index contributed by atoms with van der Waals surface area (Å²) in [6, 6.07) is 10.4. The van der Waals surface area contributed by atoms with Crippen LogP contribution < -0.4 is 4.74 Å². The SMILES string of the molecule is N#Cc1cc(Cl)ccc1Oc1c(Cl)cccc1[N+](=O)[O-]. The molecule has 2 aromatic carbocycles. The molecule has 0 bridgehead atoms. The second-order valence-corrected chi connectivity index (χ2v) is 4.54. The summed E-state index contributed by atoms with van der Waals surface area (Å²) in [7, 11) is 0. The molecule has 0 amide bonds. The lowest BCUT2D eigenvalue weighted by Crippen LogP contribution is -1.95. The molecule has 0 radical (unpaired) electrons. The molecule has 0 saturated carbocycles. The highest BCUT2D eigenvalue weighted by atomic mass is 35.5. The molecular formula is C13H6Cl2N2O3. The zero-order valence-electron chi connectivity index (χ0n) is 9.84. The number of rotatable bonds is 3. The van der Waals surface area contributed by atoms with Crippen molar-refractivity contribution in [3.8, 4) is 17.6 Å². The van der Waals surface area contributed by atoms with Crippen LogP contribution in [0, 0.1) is 21.4 Å². The van der Waals surface area contributed by atoms with Crippen LogP contribution in [-0.2, 0) is 0 Å². The lowest BCUT2D eigenvalue weighted by molar-refractivity contribution is -0.385. The van der Waals surface area contributed by atoms with Gasteiger partial charge in [0.25, 0.3) is 0 Å². The zero-order chi connectivity index (χ0) is 14.7. The molecule has 0 aliphatic rings. The normalized spacial score (nSPS) is 9.85. The molecule has 2 aromatic rings. The van der Waals surface area contributed by atoms with Gasteiger partial charge in [0, 0.05) is 11.1 Å². The van der Waals surface area contributed by atoms with Gasteiger partial charge in [-0.2, -0.15) is 5.26 Å². The minimum atomic E-state index is -0.608. The lowest BCUT2D eigenvalue weighted by Gasteiger charge is -2.09. The molecule has 0 saturated heterocycles. The number of para-hydroxylation sites is 1. The van der Waals surface area contributed by atoms with Crippen molar-refractivity contribution in [2.45, 2.75) is 0 Å². The molecular weight excluding hydrogens is 303 g/mol. The molecule has 0 aliphatic carbocycles. The van der Waals surface area contributed by atoms with Crippen molar-refractivity contribution in [2.24, 2.45) is 0 Å². The average Bonchev–Trinajstić information content (AvgIpc) is 2.42. The standard InChI is InChI=1S/C13H6Cl2N2O3/c14-9-4-5-12(8(6-9)7-16)20-13-10(15)2-1-3-11(13)17(18)19/h1-6H. The summed E-state index contributed by atoms with van der Waals surface area (Å²) in [6.07, 6.45) is 0. The van der Waals surface area contributed by atoms with Crippen molar-refractivity contribution < 1.29 is 9.66 Å². The van der Waals surface area contributed by atoms with Gasteiger partial charge in [-0.15, -0.1) is 0 Å². The van der Waals surface area contributed by atoms with E-state index in [1.165, 1.54) is 36.4 Å². The summed E-state index contributed by atoms with van der Waals surface area (Å²) in [4.78, 5) is 10.3. The number of nitro groups is 1. The van der Waals surface area contributed by atoms with Gasteiger partial charge in [0.2, 0.25) is 5.75 Å². The van der Waals surface area contributed by atoms with Crippen molar-refractivity contribution in [1.29, 1.82) is 5.26 Å². The monoisotopic (exact) mass is 308 g/mol. The summed E-state index contributed by atoms with van der Waals surface area (Å²) in [5, 5.41) is 20.4. The third kappa shape index (κ3) is 2.82. The molecule has 0 unspecified atom stereocenters. The minimum absolute atomic E-state index is 0.0815. The molecule has 0 atom stereocenters. The Labute approximate surface area is 124 Å². The maximum absolute atomic E-state index is 11.0. The number of nitriles is 1. The second-order valence-electron chi connectivity index (χ2n) is 3.70. The van der Waals surface area contributed by atoms with Gasteiger partial charge in [-0.1, -0.05) is 29.3 Å². The Bertz CT molecular complexity index is 726. The van der Waals surface area contributed by atoms with E-state index in [0.717, 1.165) is 0 Å². The number of nitrogens with zero attached hydrogens (tertiary/aromatic N) is 2. The highest BCUT2D eigenvalue weighted by Crippen LogP contribution is 2.39. The van der Waals surface area contributed by atoms with Gasteiger partial charge in [-0.3, -0.25) is 10.1 Å². The second kappa shape index (κ2) is 5.78. The highest BCUT2D eigenvalue weighted by molar-refractivity contribution is 6.32. The van der Waals surface area contributed by atoms with E-state index in [-0.39, 0.29) is 27.8 Å². The Morgan fingerprint density at radius 1 is 1.25 bits per heavy atom. The van der Waals surface area contributed by atoms with Gasteiger partial charge >= 0.3 is 5.69 Å². The van der Waals surface area contributed by atoms with Crippen LogP contribution in [0.4, 0.5) is 5.69 Å². The Morgan fingerprint density at radius 2 is 2.00 bits per heavy atom. The Hall–Kier alpha value is -2.29. The van der Waals surface area contributed by atoms with Crippen molar-refractivity contribution in [2.75, 3.05) is 0 Å². The molecule has 5 nitrogen and oxygen atoms in total. The first-order chi connectivity index (χ1) is 9.52. The van der Waals surface area contributed by atoms with E-state index in [0.29, 0.717) is 5.02 Å². The summed E-state index contributed by atoms with van der Waals surface area (Å²) in [5.74, 6) is 0.0334. The smallest absolute Gasteiger partial charge is 0.313 e. The van der Waals surface area contributed by atoms with Gasteiger partial charge in [0.05, 0.1) is 15.5 Å². The Balaban J connectivity index is 2.51. The van der Waals surface area contributed by atoms with Crippen LogP contribution >= 0.6 is 23.2 Å². The first-order valence-corrected chi connectivity index (χ1v) is 6.09. The number of hydrogen-bond acceptors (Lipinski definition) is 4. The maximum atomic E-state index is 11.0. The fraction of sp³-hybridized carbons (Fsp3) is 0. The zero-order valence-corrected chi connectivity index (χ0v) is 11.4. The number of ether oxygens (including phenoxy) is 1. The molecule has 2 rings (SSSR count). The van der Waals surface area contributed by atoms with Crippen LogP contribution in [0.15, 0.2) is 36.4 Å². The molecule has 0 N–H and O–H groups in total. The summed E-state index contributed by atoms with van der Waals surface area (Å²) >= 11 is 11.7. The maximum Gasteiger partial charge on any atom is 0.313 e. The summed E-state index contributed by atoms with van der Waals surface area (Å²) in [6.45, 7) is 0. The first kappa shape index (κ1) is 14.1. The van der Waals surface area contributed by atoms with Crippen LogP contribution in [0.3, 0.4) is 0 Å². The number of benzene rings is 2. The largest absolute Gasteiger partial charge is 0.447 e. The third-order valence-corrected chi connectivity index (χ3v) is 2.95. The Morgan fingerprint density at radius 3 is 2.65 bits per heavy atom. The summed E-state index contributed by atoms with van der Waals surface area (Å²) < 4.78 is 5.42. The minimum Gasteiger partial charge on any atom is -0.447 e. The third-order valence-electron chi connectivity index (χ3n) is 2.42. The van der Waals surface area contributed by atoms with Crippen molar-refractivity contribution in [3.63, 3.8) is 0 Å². The van der Waals surface area contributed by atoms with Gasteiger partial charge < -0.3 is 4.74 Å². The molecule has 0 aromatic heterocycles. The van der Waals surface area contributed by atoms with Gasteiger partial charge in [0.1, 0.15) is 11.8 Å². The Kier molecular flexibility index (Phi) is 4.08. The van der Waals surface area contributed by atoms with Crippen LogP contribution in [-0.4, -0.2) is 4.92 Å². The van der Waals surface area contributed by atoms with Crippen LogP contribution in [0.2, 0.25) is 10.0 Å². The fourth-order valence-corrected chi connectivity index (χ4v) is 1.91. The van der Waals surface area contributed by atoms with E-state index in [4.69, 9.17) is 33.2 Å². The van der Waals surface area contributed by atoms with Crippen LogP contribution in [0.1, 0.15) is 5.56 Å². The van der Waals surface area contributed by atoms with Crippen molar-refractivity contribution in [1.82, 2.24) is 0 Å². The molecule has 0 heterocycles. The first-order valence-electron chi connectivity index (χ1n) is 5.33. The number of hydrogen-bond donors (Lipinski definition) is 0. The predicted molar refractivity (Wildman–Crippen MR) is 74.3 cm³/mol. The highest BCUT2D eigenvalue weighted by Gasteiger charge is 2.20. The van der Waals surface area contributed by atoms with Gasteiger partial charge in [-0.05, 0) is 24.3 Å². The van der Waals surface area contributed by atoms with E-state index in [1.807, 2.05) is 6.07 Å². The molecule has 0 spiro atoms. The van der Waals surface area contributed by atoms with Crippen LogP contribution in [0.25, 0.3) is 0 Å². The van der Waals surface area contributed by atoms with E-state index in [2.05, 4.69) is 0 Å². The van der Waals surface area contributed by atoms with Crippen LogP contribution in [0.5, 0.6) is 11.5 Å². The summed E-state index contributed by atoms with van der Waals surface area (Å²) in [5.41, 5.74) is -0.122.